The Bertz CT molecular complexity index is 871. The van der Waals surface area contributed by atoms with Gasteiger partial charge in [0, 0.05) is 31.5 Å². The molecule has 0 aliphatic carbocycles. The van der Waals surface area contributed by atoms with Crippen molar-refractivity contribution in [1.29, 1.82) is 0 Å². The molecule has 1 unspecified atom stereocenters. The number of hydrogen-bond acceptors (Lipinski definition) is 10. The Kier molecular flexibility index (Phi) is 11.3. The van der Waals surface area contributed by atoms with Crippen molar-refractivity contribution in [3.05, 3.63) is 24.3 Å². The van der Waals surface area contributed by atoms with E-state index in [9.17, 15) is 18.9 Å². The number of carbonyl (C=O) groups excluding carboxylic acids is 3. The van der Waals surface area contributed by atoms with Crippen molar-refractivity contribution in [2.75, 3.05) is 26.6 Å². The maximum Gasteiger partial charge on any atom is 0.330 e. The lowest BCUT2D eigenvalue weighted by molar-refractivity contribution is -0.160. The van der Waals surface area contributed by atoms with Gasteiger partial charge in [-0.05, 0) is 32.3 Å². The Labute approximate surface area is 200 Å². The minimum atomic E-state index is -3.52. The number of aromatic nitrogens is 2. The largest absolute Gasteiger partial charge is 0.457 e. The number of nitrogens with zero attached hydrogens (tertiary/aromatic N) is 2. The fourth-order valence-corrected chi connectivity index (χ4v) is 3.14. The van der Waals surface area contributed by atoms with Crippen LogP contribution in [0.3, 0.4) is 0 Å². The van der Waals surface area contributed by atoms with Crippen LogP contribution < -0.4 is 5.32 Å². The maximum atomic E-state index is 12.5. The third-order valence-corrected chi connectivity index (χ3v) is 6.11. The zero-order valence-electron chi connectivity index (χ0n) is 21.0. The molecular weight excluding hydrogens is 465 g/mol. The van der Waals surface area contributed by atoms with Gasteiger partial charge in [-0.15, -0.1) is 0 Å². The Balaban J connectivity index is 2.38. The van der Waals surface area contributed by atoms with E-state index in [0.29, 0.717) is 5.82 Å². The van der Waals surface area contributed by atoms with Gasteiger partial charge in [-0.2, -0.15) is 0 Å². The van der Waals surface area contributed by atoms with E-state index in [1.54, 1.807) is 60.0 Å². The van der Waals surface area contributed by atoms with Crippen LogP contribution in [0.1, 0.15) is 53.8 Å². The first-order chi connectivity index (χ1) is 15.6. The molecule has 12 heteroatoms. The summed E-state index contributed by atoms with van der Waals surface area (Å²) in [7, 11) is -3.52. The number of esters is 2. The highest BCUT2D eigenvalue weighted by molar-refractivity contribution is 7.52. The Morgan fingerprint density at radius 3 is 2.26 bits per heavy atom. The Morgan fingerprint density at radius 1 is 1.06 bits per heavy atom. The molecule has 0 radical (unpaired) electrons. The molecule has 0 aliphatic heterocycles. The molecule has 1 aromatic heterocycles. The van der Waals surface area contributed by atoms with Gasteiger partial charge >= 0.3 is 19.5 Å². The van der Waals surface area contributed by atoms with Crippen LogP contribution in [0, 0.1) is 16.7 Å². The number of carbonyl (C=O) groups is 3. The molecule has 0 bridgehead atoms. The molecule has 192 valence electrons. The second kappa shape index (κ2) is 12.9. The maximum absolute atomic E-state index is 12.5. The lowest BCUT2D eigenvalue weighted by Gasteiger charge is -2.31. The van der Waals surface area contributed by atoms with Crippen LogP contribution in [0.2, 0.25) is 0 Å². The molecule has 0 saturated heterocycles. The SMILES string of the molecule is C[C@@H](C(=O)NCCC(=O)OCc1ncccn1)C(C)(C)COP(C)(=O)OCOC(=O)C(C)(C)C. The van der Waals surface area contributed by atoms with Gasteiger partial charge in [-0.1, -0.05) is 20.8 Å². The van der Waals surface area contributed by atoms with E-state index in [4.69, 9.17) is 18.5 Å². The van der Waals surface area contributed by atoms with Crippen LogP contribution >= 0.6 is 7.60 Å². The summed E-state index contributed by atoms with van der Waals surface area (Å²) in [4.78, 5) is 44.0. The minimum Gasteiger partial charge on any atom is -0.457 e. The molecule has 1 rings (SSSR count). The first kappa shape index (κ1) is 29.7. The van der Waals surface area contributed by atoms with Gasteiger partial charge < -0.3 is 19.3 Å². The van der Waals surface area contributed by atoms with Crippen molar-refractivity contribution < 1.29 is 37.5 Å². The predicted octanol–water partition coefficient (Wildman–Crippen LogP) is 3.09. The van der Waals surface area contributed by atoms with Crippen molar-refractivity contribution >= 4 is 25.4 Å². The van der Waals surface area contributed by atoms with E-state index in [-0.39, 0.29) is 32.1 Å². The monoisotopic (exact) mass is 501 g/mol. The Hall–Kier alpha value is -2.36. The normalized spacial score (nSPS) is 14.6. The highest BCUT2D eigenvalue weighted by atomic mass is 31.2. The van der Waals surface area contributed by atoms with Crippen molar-refractivity contribution in [2.24, 2.45) is 16.7 Å². The molecule has 0 fully saturated rings. The summed E-state index contributed by atoms with van der Waals surface area (Å²) in [5, 5.41) is 2.69. The topological polar surface area (TPSA) is 143 Å². The standard InChI is InChI=1S/C22H36N3O8P/c1-16(19(27)25-12-9-18(26)30-13-17-23-10-8-11-24-17)22(5,6)14-32-34(7,29)33-15-31-20(28)21(2,3)4/h8,10-11,16H,9,12-15H2,1-7H3,(H,25,27)/t16-,34?/m0/s1. The second-order valence-electron chi connectivity index (χ2n) is 9.55. The molecule has 0 aromatic carbocycles. The van der Waals surface area contributed by atoms with Crippen LogP contribution in [-0.2, 0) is 44.1 Å². The van der Waals surface area contributed by atoms with E-state index in [1.807, 2.05) is 0 Å². The number of hydrogen-bond donors (Lipinski definition) is 1. The minimum absolute atomic E-state index is 0.00644. The van der Waals surface area contributed by atoms with Crippen LogP contribution in [-0.4, -0.2) is 54.4 Å². The quantitative estimate of drug-likeness (QED) is 0.243. The first-order valence-corrected chi connectivity index (χ1v) is 12.9. The van der Waals surface area contributed by atoms with E-state index in [0.717, 1.165) is 0 Å². The molecule has 2 atom stereocenters. The van der Waals surface area contributed by atoms with Crippen LogP contribution in [0.5, 0.6) is 0 Å². The van der Waals surface area contributed by atoms with Gasteiger partial charge in [0.25, 0.3) is 0 Å². The highest BCUT2D eigenvalue weighted by Gasteiger charge is 2.34. The van der Waals surface area contributed by atoms with E-state index in [1.165, 1.54) is 6.66 Å². The van der Waals surface area contributed by atoms with Gasteiger partial charge in [0.2, 0.25) is 12.7 Å². The molecule has 1 heterocycles. The number of nitrogens with one attached hydrogen (secondary N) is 1. The average Bonchev–Trinajstić information content (AvgIpc) is 2.75. The van der Waals surface area contributed by atoms with Gasteiger partial charge in [0.15, 0.2) is 12.4 Å². The molecule has 1 aromatic rings. The molecule has 0 aliphatic rings. The van der Waals surface area contributed by atoms with Gasteiger partial charge in [0.1, 0.15) is 0 Å². The van der Waals surface area contributed by atoms with Gasteiger partial charge in [-0.3, -0.25) is 23.5 Å². The van der Waals surface area contributed by atoms with Crippen molar-refractivity contribution in [3.63, 3.8) is 0 Å². The molecule has 1 amide bonds. The van der Waals surface area contributed by atoms with Gasteiger partial charge in [0.05, 0.1) is 18.4 Å². The second-order valence-corrected chi connectivity index (χ2v) is 11.6. The summed E-state index contributed by atoms with van der Waals surface area (Å²) in [6.45, 7) is 11.1. The lowest BCUT2D eigenvalue weighted by atomic mass is 9.80. The van der Waals surface area contributed by atoms with Crippen molar-refractivity contribution in [2.45, 2.75) is 54.6 Å². The summed E-state index contributed by atoms with van der Waals surface area (Å²) in [5.41, 5.74) is -1.41. The first-order valence-electron chi connectivity index (χ1n) is 10.9. The molecular formula is C22H36N3O8P. The third-order valence-electron chi connectivity index (χ3n) is 4.94. The number of rotatable bonds is 13. The van der Waals surface area contributed by atoms with Crippen LogP contribution in [0.4, 0.5) is 0 Å². The van der Waals surface area contributed by atoms with Crippen molar-refractivity contribution in [1.82, 2.24) is 15.3 Å². The van der Waals surface area contributed by atoms with Crippen LogP contribution in [0.15, 0.2) is 18.5 Å². The summed E-state index contributed by atoms with van der Waals surface area (Å²) in [6.07, 6.45) is 3.09. The zero-order chi connectivity index (χ0) is 26.0. The summed E-state index contributed by atoms with van der Waals surface area (Å²) in [6, 6.07) is 1.66. The van der Waals surface area contributed by atoms with Crippen molar-refractivity contribution in [3.8, 4) is 0 Å². The average molecular weight is 502 g/mol. The van der Waals surface area contributed by atoms with Gasteiger partial charge in [-0.25, -0.2) is 9.97 Å². The molecule has 11 nitrogen and oxygen atoms in total. The lowest BCUT2D eigenvalue weighted by Crippen LogP contribution is -2.40. The Morgan fingerprint density at radius 2 is 1.68 bits per heavy atom. The fourth-order valence-electron chi connectivity index (χ4n) is 2.26. The third kappa shape index (κ3) is 11.2. The van der Waals surface area contributed by atoms with E-state index >= 15 is 0 Å². The highest BCUT2D eigenvalue weighted by Crippen LogP contribution is 2.46. The summed E-state index contributed by atoms with van der Waals surface area (Å²) >= 11 is 0. The molecule has 0 saturated carbocycles. The summed E-state index contributed by atoms with van der Waals surface area (Å²) in [5.74, 6) is -1.41. The fraction of sp³-hybridized carbons (Fsp3) is 0.682. The number of amides is 1. The van der Waals surface area contributed by atoms with E-state index in [2.05, 4.69) is 15.3 Å². The summed E-state index contributed by atoms with van der Waals surface area (Å²) < 4.78 is 33.0. The smallest absolute Gasteiger partial charge is 0.330 e. The zero-order valence-corrected chi connectivity index (χ0v) is 21.8. The predicted molar refractivity (Wildman–Crippen MR) is 123 cm³/mol. The molecule has 34 heavy (non-hydrogen) atoms. The number of ether oxygens (including phenoxy) is 2. The van der Waals surface area contributed by atoms with Crippen LogP contribution in [0.25, 0.3) is 0 Å². The molecule has 0 spiro atoms. The molecule has 1 N–H and O–H groups in total. The van der Waals surface area contributed by atoms with E-state index < -0.39 is 43.1 Å².